The van der Waals surface area contributed by atoms with E-state index >= 15 is 0 Å². The van der Waals surface area contributed by atoms with Gasteiger partial charge >= 0.3 is 13.8 Å². The van der Waals surface area contributed by atoms with E-state index in [1.165, 1.54) is 77.0 Å². The number of carbonyl (C=O) groups excluding carboxylic acids is 1. The lowest BCUT2D eigenvalue weighted by Gasteiger charge is -2.24. The number of esters is 1. The monoisotopic (exact) mass is 701 g/mol. The van der Waals surface area contributed by atoms with Gasteiger partial charge in [-0.1, -0.05) is 127 Å². The topological polar surface area (TPSA) is 91.3 Å². The molecule has 48 heavy (non-hydrogen) atoms. The van der Waals surface area contributed by atoms with Crippen LogP contribution in [0.1, 0.15) is 149 Å². The molecule has 0 saturated heterocycles. The maximum Gasteiger partial charge on any atom is 0.472 e. The lowest BCUT2D eigenvalue weighted by Crippen LogP contribution is -2.37. The van der Waals surface area contributed by atoms with Gasteiger partial charge < -0.3 is 18.9 Å². The van der Waals surface area contributed by atoms with Gasteiger partial charge in [-0.05, 0) is 51.4 Å². The Morgan fingerprint density at radius 2 is 1.15 bits per heavy atom. The van der Waals surface area contributed by atoms with Crippen LogP contribution in [0.5, 0.6) is 0 Å². The second-order valence-corrected chi connectivity index (χ2v) is 15.4. The first kappa shape index (κ1) is 46.7. The van der Waals surface area contributed by atoms with E-state index in [1.54, 1.807) is 0 Å². The fraction of sp³-hybridized carbons (Fsp3) is 0.821. The van der Waals surface area contributed by atoms with Crippen LogP contribution in [0.4, 0.5) is 0 Å². The number of phosphoric ester groups is 1. The molecular weight excluding hydrogens is 625 g/mol. The fourth-order valence-corrected chi connectivity index (χ4v) is 5.65. The molecule has 282 valence electrons. The van der Waals surface area contributed by atoms with Crippen molar-refractivity contribution in [1.29, 1.82) is 0 Å². The smallest absolute Gasteiger partial charge is 0.457 e. The van der Waals surface area contributed by atoms with Gasteiger partial charge in [-0.15, -0.1) is 0 Å². The zero-order valence-corrected chi connectivity index (χ0v) is 32.6. The summed E-state index contributed by atoms with van der Waals surface area (Å²) in [4.78, 5) is 22.6. The number of hydrogen-bond donors (Lipinski definition) is 1. The molecule has 2 unspecified atom stereocenters. The minimum absolute atomic E-state index is 0.0862. The van der Waals surface area contributed by atoms with Crippen LogP contribution in [0.25, 0.3) is 0 Å². The maximum atomic E-state index is 12.5. The number of carbonyl (C=O) groups is 1. The number of phosphoric acid groups is 1. The number of hydrogen-bond acceptors (Lipinski definition) is 6. The largest absolute Gasteiger partial charge is 0.472 e. The van der Waals surface area contributed by atoms with Gasteiger partial charge in [0.2, 0.25) is 0 Å². The van der Waals surface area contributed by atoms with E-state index in [1.807, 2.05) is 21.1 Å². The quantitative estimate of drug-likeness (QED) is 0.0231. The van der Waals surface area contributed by atoms with Crippen molar-refractivity contribution in [3.8, 4) is 0 Å². The van der Waals surface area contributed by atoms with Crippen LogP contribution in [0.2, 0.25) is 0 Å². The second-order valence-electron chi connectivity index (χ2n) is 14.0. The third-order valence-electron chi connectivity index (χ3n) is 7.95. The SMILES string of the molecule is CCCCC/C=C\C/C=C\C/C=C\CCCCCCCCCOCC(COP(=O)(O)OCC[N+](C)(C)C)OC(=O)CCCCCCCC. The fourth-order valence-electron chi connectivity index (χ4n) is 4.91. The first-order valence-corrected chi connectivity index (χ1v) is 20.7. The molecule has 0 saturated carbocycles. The van der Waals surface area contributed by atoms with Crippen LogP contribution in [-0.2, 0) is 27.9 Å². The summed E-state index contributed by atoms with van der Waals surface area (Å²) in [5, 5.41) is 0. The summed E-state index contributed by atoms with van der Waals surface area (Å²) >= 11 is 0. The minimum atomic E-state index is -4.26. The predicted molar refractivity (Wildman–Crippen MR) is 201 cm³/mol. The molecule has 8 nitrogen and oxygen atoms in total. The van der Waals surface area contributed by atoms with Gasteiger partial charge in [0.15, 0.2) is 0 Å². The van der Waals surface area contributed by atoms with Gasteiger partial charge in [-0.3, -0.25) is 13.8 Å². The highest BCUT2D eigenvalue weighted by atomic mass is 31.2. The van der Waals surface area contributed by atoms with Crippen LogP contribution < -0.4 is 0 Å². The Morgan fingerprint density at radius 1 is 0.646 bits per heavy atom. The number of unbranched alkanes of at least 4 members (excludes halogenated alkanes) is 15. The second kappa shape index (κ2) is 32.9. The Bertz CT molecular complexity index is 869. The highest BCUT2D eigenvalue weighted by molar-refractivity contribution is 7.47. The number of quaternary nitrogens is 1. The van der Waals surface area contributed by atoms with E-state index in [4.69, 9.17) is 18.5 Å². The van der Waals surface area contributed by atoms with Crippen molar-refractivity contribution in [2.45, 2.75) is 155 Å². The number of nitrogens with zero attached hydrogens (tertiary/aromatic N) is 1. The number of likely N-dealkylation sites (N-methyl/N-ethyl adjacent to an activating group) is 1. The van der Waals surface area contributed by atoms with Crippen molar-refractivity contribution in [3.63, 3.8) is 0 Å². The number of rotatable bonds is 35. The molecule has 0 bridgehead atoms. The average Bonchev–Trinajstić information content (AvgIpc) is 3.03. The summed E-state index contributed by atoms with van der Waals surface area (Å²) in [5.41, 5.74) is 0. The van der Waals surface area contributed by atoms with E-state index < -0.39 is 13.9 Å². The lowest BCUT2D eigenvalue weighted by atomic mass is 10.1. The molecule has 0 aromatic rings. The molecule has 0 aromatic carbocycles. The normalized spacial score (nSPS) is 14.4. The molecule has 1 N–H and O–H groups in total. The van der Waals surface area contributed by atoms with Gasteiger partial charge in [0.1, 0.15) is 19.3 Å². The molecular formula is C39H75NO7P+. The van der Waals surface area contributed by atoms with Gasteiger partial charge in [0.05, 0.1) is 34.4 Å². The third-order valence-corrected chi connectivity index (χ3v) is 8.94. The van der Waals surface area contributed by atoms with Crippen LogP contribution in [0.3, 0.4) is 0 Å². The molecule has 0 radical (unpaired) electrons. The standard InChI is InChI=1S/C39H74NO7P/c1-6-8-10-12-14-15-16-17-18-19-20-21-22-23-24-25-26-27-29-31-34-44-36-38(47-39(41)32-30-28-13-11-9-7-2)37-46-48(42,43)45-35-33-40(3,4)5/h14-15,17-18,20-21,38H,6-13,16,19,22-37H2,1-5H3/p+1/b15-14-,18-17-,21-20-. The molecule has 0 heterocycles. The van der Waals surface area contributed by atoms with Crippen LogP contribution >= 0.6 is 7.82 Å². The van der Waals surface area contributed by atoms with Crippen molar-refractivity contribution in [2.24, 2.45) is 0 Å². The Kier molecular flexibility index (Phi) is 32.0. The van der Waals surface area contributed by atoms with Gasteiger partial charge in [0.25, 0.3) is 0 Å². The van der Waals surface area contributed by atoms with Gasteiger partial charge in [-0.25, -0.2) is 4.57 Å². The van der Waals surface area contributed by atoms with Crippen LogP contribution in [-0.4, -0.2) is 75.6 Å². The molecule has 0 aliphatic rings. The first-order chi connectivity index (χ1) is 23.1. The van der Waals surface area contributed by atoms with Crippen molar-refractivity contribution in [3.05, 3.63) is 36.5 Å². The molecule has 0 aliphatic carbocycles. The molecule has 0 rings (SSSR count). The summed E-state index contributed by atoms with van der Waals surface area (Å²) in [6.45, 7) is 5.50. The molecule has 0 amide bonds. The van der Waals surface area contributed by atoms with Crippen molar-refractivity contribution < 1.29 is 37.3 Å². The summed E-state index contributed by atoms with van der Waals surface area (Å²) in [7, 11) is 1.65. The van der Waals surface area contributed by atoms with E-state index in [0.29, 0.717) is 24.1 Å². The van der Waals surface area contributed by atoms with Crippen LogP contribution in [0.15, 0.2) is 36.5 Å². The predicted octanol–water partition coefficient (Wildman–Crippen LogP) is 10.7. The van der Waals surface area contributed by atoms with E-state index in [9.17, 15) is 14.3 Å². The number of allylic oxidation sites excluding steroid dienone is 6. The molecule has 9 heteroatoms. The summed E-state index contributed by atoms with van der Waals surface area (Å²) < 4.78 is 34.7. The van der Waals surface area contributed by atoms with Crippen LogP contribution in [0, 0.1) is 0 Å². The zero-order valence-electron chi connectivity index (χ0n) is 31.7. The summed E-state index contributed by atoms with van der Waals surface area (Å²) in [6, 6.07) is 0. The van der Waals surface area contributed by atoms with E-state index in [2.05, 4.69) is 50.3 Å². The Balaban J connectivity index is 4.14. The third kappa shape index (κ3) is 36.0. The molecule has 0 fully saturated rings. The molecule has 0 aliphatic heterocycles. The van der Waals surface area contributed by atoms with Crippen molar-refractivity contribution >= 4 is 13.8 Å². The van der Waals surface area contributed by atoms with Crippen molar-refractivity contribution in [2.75, 3.05) is 54.1 Å². The first-order valence-electron chi connectivity index (χ1n) is 19.2. The Labute approximate surface area is 295 Å². The number of ether oxygens (including phenoxy) is 2. The lowest BCUT2D eigenvalue weighted by molar-refractivity contribution is -0.870. The molecule has 2 atom stereocenters. The Hall–Kier alpha value is -1.28. The highest BCUT2D eigenvalue weighted by Crippen LogP contribution is 2.43. The zero-order chi connectivity index (χ0) is 35.6. The summed E-state index contributed by atoms with van der Waals surface area (Å²) in [5.74, 6) is -0.329. The van der Waals surface area contributed by atoms with Crippen molar-refractivity contribution in [1.82, 2.24) is 0 Å². The molecule has 0 aromatic heterocycles. The maximum absolute atomic E-state index is 12.5. The minimum Gasteiger partial charge on any atom is -0.457 e. The van der Waals surface area contributed by atoms with Gasteiger partial charge in [0, 0.05) is 13.0 Å². The van der Waals surface area contributed by atoms with Gasteiger partial charge in [-0.2, -0.15) is 0 Å². The van der Waals surface area contributed by atoms with E-state index in [-0.39, 0.29) is 25.8 Å². The van der Waals surface area contributed by atoms with E-state index in [0.717, 1.165) is 51.4 Å². The average molecular weight is 701 g/mol. The highest BCUT2D eigenvalue weighted by Gasteiger charge is 2.26. The Morgan fingerprint density at radius 3 is 1.75 bits per heavy atom. The summed E-state index contributed by atoms with van der Waals surface area (Å²) in [6.07, 6.45) is 36.2. The molecule has 0 spiro atoms.